The van der Waals surface area contributed by atoms with Gasteiger partial charge in [-0.1, -0.05) is 29.8 Å². The Labute approximate surface area is 141 Å². The fourth-order valence-electron chi connectivity index (χ4n) is 2.04. The van der Waals surface area contributed by atoms with E-state index in [9.17, 15) is 4.79 Å². The minimum Gasteiger partial charge on any atom is -0.494 e. The number of hydrogen-bond donors (Lipinski definition) is 1. The number of amides is 1. The quantitative estimate of drug-likeness (QED) is 0.752. The van der Waals surface area contributed by atoms with Crippen LogP contribution < -0.4 is 14.8 Å². The molecule has 23 heavy (non-hydrogen) atoms. The summed E-state index contributed by atoms with van der Waals surface area (Å²) in [6.07, 6.45) is 0.267. The van der Waals surface area contributed by atoms with Gasteiger partial charge in [-0.05, 0) is 42.8 Å². The highest BCUT2D eigenvalue weighted by Crippen LogP contribution is 2.17. The molecule has 0 saturated carbocycles. The van der Waals surface area contributed by atoms with Crippen LogP contribution >= 0.6 is 11.6 Å². The van der Waals surface area contributed by atoms with Crippen LogP contribution in [0.15, 0.2) is 48.5 Å². The van der Waals surface area contributed by atoms with Gasteiger partial charge < -0.3 is 14.8 Å². The first kappa shape index (κ1) is 17.2. The third kappa shape index (κ3) is 5.83. The van der Waals surface area contributed by atoms with Crippen LogP contribution in [0.25, 0.3) is 0 Å². The lowest BCUT2D eigenvalue weighted by atomic mass is 10.1. The van der Waals surface area contributed by atoms with Gasteiger partial charge in [-0.25, -0.2) is 0 Å². The van der Waals surface area contributed by atoms with Crippen molar-refractivity contribution < 1.29 is 14.3 Å². The van der Waals surface area contributed by atoms with Crippen molar-refractivity contribution in [3.8, 4) is 11.5 Å². The van der Waals surface area contributed by atoms with E-state index in [1.54, 1.807) is 6.07 Å². The molecule has 0 aromatic heterocycles. The first-order chi connectivity index (χ1) is 11.2. The summed E-state index contributed by atoms with van der Waals surface area (Å²) in [6.45, 7) is 3.42. The van der Waals surface area contributed by atoms with E-state index in [1.807, 2.05) is 49.4 Å². The van der Waals surface area contributed by atoms with Crippen LogP contribution in [-0.4, -0.2) is 25.7 Å². The molecule has 0 atom stereocenters. The number of benzene rings is 2. The summed E-state index contributed by atoms with van der Waals surface area (Å²) < 4.78 is 10.9. The number of carbonyl (C=O) groups is 1. The van der Waals surface area contributed by atoms with Crippen LogP contribution in [0.5, 0.6) is 11.5 Å². The van der Waals surface area contributed by atoms with Gasteiger partial charge in [0.1, 0.15) is 18.1 Å². The van der Waals surface area contributed by atoms with Crippen molar-refractivity contribution in [2.24, 2.45) is 0 Å². The Bertz CT molecular complexity index is 628. The van der Waals surface area contributed by atoms with Crippen LogP contribution in [0.4, 0.5) is 0 Å². The molecule has 1 amide bonds. The molecule has 2 aromatic carbocycles. The smallest absolute Gasteiger partial charge is 0.224 e. The van der Waals surface area contributed by atoms with Gasteiger partial charge in [-0.15, -0.1) is 0 Å². The van der Waals surface area contributed by atoms with Gasteiger partial charge in [0, 0.05) is 5.02 Å². The van der Waals surface area contributed by atoms with E-state index in [0.717, 1.165) is 17.1 Å². The van der Waals surface area contributed by atoms with E-state index in [4.69, 9.17) is 21.1 Å². The predicted octanol–water partition coefficient (Wildman–Crippen LogP) is 3.48. The number of nitrogens with one attached hydrogen (secondary N) is 1. The van der Waals surface area contributed by atoms with Crippen molar-refractivity contribution in [1.29, 1.82) is 0 Å². The van der Waals surface area contributed by atoms with Crippen LogP contribution in [0, 0.1) is 0 Å². The molecule has 0 saturated heterocycles. The van der Waals surface area contributed by atoms with Crippen molar-refractivity contribution >= 4 is 17.5 Å². The second-order valence-electron chi connectivity index (χ2n) is 4.87. The maximum atomic E-state index is 11.9. The molecular weight excluding hydrogens is 314 g/mol. The minimum absolute atomic E-state index is 0.0756. The number of hydrogen-bond acceptors (Lipinski definition) is 3. The average Bonchev–Trinajstić information content (AvgIpc) is 2.55. The van der Waals surface area contributed by atoms with E-state index in [2.05, 4.69) is 5.32 Å². The van der Waals surface area contributed by atoms with E-state index in [0.29, 0.717) is 24.8 Å². The molecule has 0 unspecified atom stereocenters. The molecule has 0 aliphatic carbocycles. The lowest BCUT2D eigenvalue weighted by Gasteiger charge is -2.09. The molecule has 0 radical (unpaired) electrons. The minimum atomic E-state index is -0.0756. The summed E-state index contributed by atoms with van der Waals surface area (Å²) in [4.78, 5) is 11.9. The Hall–Kier alpha value is -2.20. The molecule has 2 rings (SSSR count). The summed E-state index contributed by atoms with van der Waals surface area (Å²) in [7, 11) is 0. The molecule has 4 nitrogen and oxygen atoms in total. The number of carbonyl (C=O) groups excluding carboxylic acids is 1. The fraction of sp³-hybridized carbons (Fsp3) is 0.278. The van der Waals surface area contributed by atoms with Crippen molar-refractivity contribution in [2.45, 2.75) is 13.3 Å². The van der Waals surface area contributed by atoms with E-state index >= 15 is 0 Å². The van der Waals surface area contributed by atoms with E-state index < -0.39 is 0 Å². The molecule has 5 heteroatoms. The summed E-state index contributed by atoms with van der Waals surface area (Å²) in [5.74, 6) is 1.48. The summed E-state index contributed by atoms with van der Waals surface area (Å²) in [5.41, 5.74) is 0.819. The lowest BCUT2D eigenvalue weighted by molar-refractivity contribution is -0.120. The number of halogens is 1. The predicted molar refractivity (Wildman–Crippen MR) is 91.3 cm³/mol. The van der Waals surface area contributed by atoms with Crippen molar-refractivity contribution in [1.82, 2.24) is 5.32 Å². The zero-order valence-corrected chi connectivity index (χ0v) is 13.8. The summed E-state index contributed by atoms with van der Waals surface area (Å²) in [5, 5.41) is 3.42. The zero-order chi connectivity index (χ0) is 16.5. The van der Waals surface area contributed by atoms with Crippen LogP contribution in [0.1, 0.15) is 12.5 Å². The molecule has 0 spiro atoms. The SMILES string of the molecule is CCOc1ccc(OCCNC(=O)Cc2ccccc2Cl)cc1. The molecule has 0 heterocycles. The normalized spacial score (nSPS) is 10.2. The van der Waals surface area contributed by atoms with Gasteiger partial charge >= 0.3 is 0 Å². The van der Waals surface area contributed by atoms with Gasteiger partial charge in [-0.3, -0.25) is 4.79 Å². The standard InChI is InChI=1S/C18H20ClNO3/c1-2-22-15-7-9-16(10-8-15)23-12-11-20-18(21)13-14-5-3-4-6-17(14)19/h3-10H,2,11-13H2,1H3,(H,20,21). The van der Waals surface area contributed by atoms with Gasteiger partial charge in [0.15, 0.2) is 0 Å². The second-order valence-corrected chi connectivity index (χ2v) is 5.28. The number of rotatable bonds is 8. The monoisotopic (exact) mass is 333 g/mol. The summed E-state index contributed by atoms with van der Waals surface area (Å²) >= 11 is 6.03. The first-order valence-electron chi connectivity index (χ1n) is 7.55. The fourth-order valence-corrected chi connectivity index (χ4v) is 2.24. The Morgan fingerprint density at radius 2 is 1.70 bits per heavy atom. The first-order valence-corrected chi connectivity index (χ1v) is 7.92. The average molecular weight is 334 g/mol. The van der Waals surface area contributed by atoms with E-state index in [-0.39, 0.29) is 12.3 Å². The molecular formula is C18H20ClNO3. The molecule has 0 bridgehead atoms. The molecule has 0 fully saturated rings. The Morgan fingerprint density at radius 3 is 2.35 bits per heavy atom. The molecule has 0 aliphatic rings. The lowest BCUT2D eigenvalue weighted by Crippen LogP contribution is -2.29. The van der Waals surface area contributed by atoms with Gasteiger partial charge in [0.2, 0.25) is 5.91 Å². The third-order valence-corrected chi connectivity index (χ3v) is 3.51. The maximum Gasteiger partial charge on any atom is 0.224 e. The maximum absolute atomic E-state index is 11.9. The number of ether oxygens (including phenoxy) is 2. The highest BCUT2D eigenvalue weighted by molar-refractivity contribution is 6.31. The Kier molecular flexibility index (Phi) is 6.76. The zero-order valence-electron chi connectivity index (χ0n) is 13.0. The van der Waals surface area contributed by atoms with Gasteiger partial charge in [0.25, 0.3) is 0 Å². The van der Waals surface area contributed by atoms with Crippen molar-refractivity contribution in [3.05, 3.63) is 59.1 Å². The van der Waals surface area contributed by atoms with Crippen LogP contribution in [0.2, 0.25) is 5.02 Å². The third-order valence-electron chi connectivity index (χ3n) is 3.14. The van der Waals surface area contributed by atoms with Gasteiger partial charge in [0.05, 0.1) is 19.6 Å². The Balaban J connectivity index is 1.68. The molecule has 2 aromatic rings. The molecule has 1 N–H and O–H groups in total. The van der Waals surface area contributed by atoms with E-state index in [1.165, 1.54) is 0 Å². The molecule has 0 aliphatic heterocycles. The summed E-state index contributed by atoms with van der Waals surface area (Å²) in [6, 6.07) is 14.7. The molecule has 122 valence electrons. The largest absolute Gasteiger partial charge is 0.494 e. The van der Waals surface area contributed by atoms with Crippen molar-refractivity contribution in [3.63, 3.8) is 0 Å². The highest BCUT2D eigenvalue weighted by atomic mass is 35.5. The van der Waals surface area contributed by atoms with Crippen LogP contribution in [0.3, 0.4) is 0 Å². The highest BCUT2D eigenvalue weighted by Gasteiger charge is 2.06. The van der Waals surface area contributed by atoms with Crippen LogP contribution in [-0.2, 0) is 11.2 Å². The second kappa shape index (κ2) is 9.06. The Morgan fingerprint density at radius 1 is 1.04 bits per heavy atom. The topological polar surface area (TPSA) is 47.6 Å². The van der Waals surface area contributed by atoms with Crippen molar-refractivity contribution in [2.75, 3.05) is 19.8 Å². The van der Waals surface area contributed by atoms with Gasteiger partial charge in [-0.2, -0.15) is 0 Å².